The number of thioether (sulfide) groups is 1. The molecule has 1 aliphatic heterocycles. The number of hydrogen-bond donors (Lipinski definition) is 3. The quantitative estimate of drug-likeness (QED) is 0.528. The number of carbonyl (C=O) groups is 3. The fraction of sp³-hybridized carbons (Fsp3) is 0.400. The molecular formula is C25H28N2O6S. The molecule has 0 spiro atoms. The molecule has 0 saturated carbocycles. The van der Waals surface area contributed by atoms with Crippen molar-refractivity contribution >= 4 is 29.7 Å². The number of carboxylic acid groups (broad SMARTS) is 1. The van der Waals surface area contributed by atoms with Crippen molar-refractivity contribution in [3.63, 3.8) is 0 Å². The third-order valence-corrected chi connectivity index (χ3v) is 7.39. The third-order valence-electron chi connectivity index (χ3n) is 6.30. The SMILES string of the molecule is O=C(O)CCC(NC(=O)OCC1c2ccccc2-c2ccccc21)C(=O)N1CCSCC1CO. The van der Waals surface area contributed by atoms with E-state index in [1.807, 2.05) is 48.5 Å². The molecule has 9 heteroatoms. The maximum atomic E-state index is 13.1. The Labute approximate surface area is 202 Å². The van der Waals surface area contributed by atoms with Gasteiger partial charge in [-0.1, -0.05) is 48.5 Å². The van der Waals surface area contributed by atoms with Crippen molar-refractivity contribution in [2.75, 3.05) is 31.3 Å². The fourth-order valence-electron chi connectivity index (χ4n) is 4.60. The zero-order valence-electron chi connectivity index (χ0n) is 18.7. The number of hydrogen-bond acceptors (Lipinski definition) is 6. The Kier molecular flexibility index (Phi) is 7.74. The average molecular weight is 485 g/mol. The van der Waals surface area contributed by atoms with Crippen molar-refractivity contribution in [1.29, 1.82) is 0 Å². The summed E-state index contributed by atoms with van der Waals surface area (Å²) in [6.07, 6.45) is -1.09. The summed E-state index contributed by atoms with van der Waals surface area (Å²) in [4.78, 5) is 38.5. The van der Waals surface area contributed by atoms with Crippen molar-refractivity contribution in [3.05, 3.63) is 59.7 Å². The summed E-state index contributed by atoms with van der Waals surface area (Å²) in [6.45, 7) is 0.347. The van der Waals surface area contributed by atoms with Gasteiger partial charge in [-0.2, -0.15) is 11.8 Å². The van der Waals surface area contributed by atoms with Gasteiger partial charge in [0.1, 0.15) is 12.6 Å². The number of aliphatic hydroxyl groups is 1. The van der Waals surface area contributed by atoms with Crippen LogP contribution in [0.3, 0.4) is 0 Å². The highest BCUT2D eigenvalue weighted by molar-refractivity contribution is 7.99. The van der Waals surface area contributed by atoms with E-state index in [0.717, 1.165) is 28.0 Å². The van der Waals surface area contributed by atoms with E-state index in [2.05, 4.69) is 5.32 Å². The normalized spacial score (nSPS) is 18.0. The summed E-state index contributed by atoms with van der Waals surface area (Å²) in [5.74, 6) is -0.254. The average Bonchev–Trinajstić information content (AvgIpc) is 3.18. The van der Waals surface area contributed by atoms with E-state index in [1.54, 1.807) is 11.8 Å². The number of carboxylic acids is 1. The highest BCUT2D eigenvalue weighted by atomic mass is 32.2. The molecular weight excluding hydrogens is 456 g/mol. The smallest absolute Gasteiger partial charge is 0.407 e. The second kappa shape index (κ2) is 10.9. The molecule has 3 N–H and O–H groups in total. The largest absolute Gasteiger partial charge is 0.481 e. The summed E-state index contributed by atoms with van der Waals surface area (Å²) in [7, 11) is 0. The van der Waals surface area contributed by atoms with E-state index < -0.39 is 24.0 Å². The van der Waals surface area contributed by atoms with Crippen LogP contribution in [0.5, 0.6) is 0 Å². The highest BCUT2D eigenvalue weighted by Crippen LogP contribution is 2.44. The Morgan fingerprint density at radius 3 is 2.35 bits per heavy atom. The van der Waals surface area contributed by atoms with Crippen LogP contribution in [0.25, 0.3) is 11.1 Å². The fourth-order valence-corrected chi connectivity index (χ4v) is 5.65. The molecule has 0 bridgehead atoms. The molecule has 1 aliphatic carbocycles. The van der Waals surface area contributed by atoms with Crippen LogP contribution >= 0.6 is 11.8 Å². The number of nitrogens with zero attached hydrogens (tertiary/aromatic N) is 1. The lowest BCUT2D eigenvalue weighted by Crippen LogP contribution is -2.55. The van der Waals surface area contributed by atoms with Crippen LogP contribution in [0.1, 0.15) is 29.9 Å². The lowest BCUT2D eigenvalue weighted by atomic mass is 9.98. The molecule has 1 saturated heterocycles. The second-order valence-electron chi connectivity index (χ2n) is 8.40. The minimum atomic E-state index is -1.06. The number of amides is 2. The van der Waals surface area contributed by atoms with Crippen LogP contribution in [-0.4, -0.2) is 76.4 Å². The summed E-state index contributed by atoms with van der Waals surface area (Å²) in [5.41, 5.74) is 4.37. The van der Waals surface area contributed by atoms with Crippen LogP contribution < -0.4 is 5.32 Å². The predicted octanol–water partition coefficient (Wildman–Crippen LogP) is 2.69. The number of fused-ring (bicyclic) bond motifs is 3. The number of benzene rings is 2. The minimum Gasteiger partial charge on any atom is -0.481 e. The first-order valence-electron chi connectivity index (χ1n) is 11.3. The molecule has 1 fully saturated rings. The van der Waals surface area contributed by atoms with Crippen LogP contribution in [0.4, 0.5) is 4.79 Å². The molecule has 2 amide bonds. The minimum absolute atomic E-state index is 0.0554. The van der Waals surface area contributed by atoms with Crippen LogP contribution in [0.2, 0.25) is 0 Å². The van der Waals surface area contributed by atoms with Crippen LogP contribution in [-0.2, 0) is 14.3 Å². The van der Waals surface area contributed by atoms with Crippen molar-refractivity contribution in [2.24, 2.45) is 0 Å². The van der Waals surface area contributed by atoms with Gasteiger partial charge in [-0.05, 0) is 28.7 Å². The van der Waals surface area contributed by atoms with Crippen LogP contribution in [0, 0.1) is 0 Å². The maximum Gasteiger partial charge on any atom is 0.407 e. The van der Waals surface area contributed by atoms with E-state index in [4.69, 9.17) is 9.84 Å². The number of nitrogens with one attached hydrogen (secondary N) is 1. The molecule has 2 aromatic carbocycles. The van der Waals surface area contributed by atoms with Gasteiger partial charge in [-0.25, -0.2) is 4.79 Å². The van der Waals surface area contributed by atoms with Gasteiger partial charge in [0.15, 0.2) is 0 Å². The van der Waals surface area contributed by atoms with Gasteiger partial charge in [0.25, 0.3) is 0 Å². The van der Waals surface area contributed by atoms with Gasteiger partial charge < -0.3 is 25.2 Å². The molecule has 180 valence electrons. The van der Waals surface area contributed by atoms with Crippen molar-refractivity contribution < 1.29 is 29.3 Å². The number of aliphatic carboxylic acids is 1. The second-order valence-corrected chi connectivity index (χ2v) is 9.55. The Bertz CT molecular complexity index is 1020. The summed E-state index contributed by atoms with van der Waals surface area (Å²) in [5, 5.41) is 21.3. The zero-order chi connectivity index (χ0) is 24.1. The van der Waals surface area contributed by atoms with E-state index in [-0.39, 0.29) is 38.0 Å². The van der Waals surface area contributed by atoms with Crippen LogP contribution in [0.15, 0.2) is 48.5 Å². The molecule has 8 nitrogen and oxygen atoms in total. The first-order chi connectivity index (χ1) is 16.5. The summed E-state index contributed by atoms with van der Waals surface area (Å²) >= 11 is 1.64. The number of aliphatic hydroxyl groups excluding tert-OH is 1. The molecule has 2 atom stereocenters. The van der Waals surface area contributed by atoms with Crippen molar-refractivity contribution in [2.45, 2.75) is 30.8 Å². The zero-order valence-corrected chi connectivity index (χ0v) is 19.5. The standard InChI is InChI=1S/C25H28N2O6S/c28-13-16-15-34-12-11-27(16)24(31)22(9-10-23(29)30)26-25(32)33-14-21-19-7-3-1-5-17(19)18-6-2-4-8-20(18)21/h1-8,16,21-22,28H,9-15H2,(H,26,32)(H,29,30). The van der Waals surface area contributed by atoms with Gasteiger partial charge in [0.2, 0.25) is 5.91 Å². The van der Waals surface area contributed by atoms with E-state index in [0.29, 0.717) is 12.3 Å². The maximum absolute atomic E-state index is 13.1. The Hall–Kier alpha value is -3.04. The van der Waals surface area contributed by atoms with Crippen molar-refractivity contribution in [1.82, 2.24) is 10.2 Å². The summed E-state index contributed by atoms with van der Waals surface area (Å²) in [6, 6.07) is 14.6. The molecule has 0 aromatic heterocycles. The lowest BCUT2D eigenvalue weighted by molar-refractivity contribution is -0.138. The monoisotopic (exact) mass is 484 g/mol. The first-order valence-corrected chi connectivity index (χ1v) is 12.5. The van der Waals surface area contributed by atoms with E-state index in [9.17, 15) is 19.5 Å². The molecule has 2 aliphatic rings. The molecule has 2 unspecified atom stereocenters. The number of carbonyl (C=O) groups excluding carboxylic acids is 2. The molecule has 2 aromatic rings. The molecule has 4 rings (SSSR count). The van der Waals surface area contributed by atoms with Gasteiger partial charge in [0.05, 0.1) is 12.6 Å². The summed E-state index contributed by atoms with van der Waals surface area (Å²) < 4.78 is 5.55. The molecule has 1 heterocycles. The van der Waals surface area contributed by atoms with E-state index in [1.165, 1.54) is 4.90 Å². The molecule has 0 radical (unpaired) electrons. The number of alkyl carbamates (subject to hydrolysis) is 1. The van der Waals surface area contributed by atoms with Crippen molar-refractivity contribution in [3.8, 4) is 11.1 Å². The topological polar surface area (TPSA) is 116 Å². The highest BCUT2D eigenvalue weighted by Gasteiger charge is 2.34. The molecule has 34 heavy (non-hydrogen) atoms. The van der Waals surface area contributed by atoms with Gasteiger partial charge in [-0.3, -0.25) is 9.59 Å². The predicted molar refractivity (Wildman–Crippen MR) is 129 cm³/mol. The number of rotatable bonds is 8. The third kappa shape index (κ3) is 5.20. The van der Waals surface area contributed by atoms with E-state index >= 15 is 0 Å². The first kappa shape index (κ1) is 24.1. The Morgan fingerprint density at radius 1 is 1.09 bits per heavy atom. The van der Waals surface area contributed by atoms with Gasteiger partial charge in [-0.15, -0.1) is 0 Å². The lowest BCUT2D eigenvalue weighted by Gasteiger charge is -2.36. The number of ether oxygens (including phenoxy) is 1. The Morgan fingerprint density at radius 2 is 1.74 bits per heavy atom. The van der Waals surface area contributed by atoms with Gasteiger partial charge >= 0.3 is 12.1 Å². The Balaban J connectivity index is 1.44. The van der Waals surface area contributed by atoms with Gasteiger partial charge in [0, 0.05) is 30.4 Å².